The summed E-state index contributed by atoms with van der Waals surface area (Å²) in [4.78, 5) is 13.6. The van der Waals surface area contributed by atoms with Crippen LogP contribution >= 0.6 is 11.8 Å². The van der Waals surface area contributed by atoms with Crippen molar-refractivity contribution in [2.45, 2.75) is 29.4 Å². The van der Waals surface area contributed by atoms with Gasteiger partial charge in [-0.25, -0.2) is 4.79 Å². The van der Waals surface area contributed by atoms with E-state index in [9.17, 15) is 4.79 Å². The molecule has 0 radical (unpaired) electrons. The van der Waals surface area contributed by atoms with Gasteiger partial charge in [0.1, 0.15) is 5.75 Å². The normalized spacial score (nSPS) is 15.7. The maximum atomic E-state index is 12.4. The second-order valence-electron chi connectivity index (χ2n) is 6.48. The Morgan fingerprint density at radius 2 is 1.81 bits per heavy atom. The zero-order valence-corrected chi connectivity index (χ0v) is 16.4. The number of urea groups is 1. The molecule has 0 spiro atoms. The van der Waals surface area contributed by atoms with Gasteiger partial charge in [-0.1, -0.05) is 18.2 Å². The molecule has 1 aliphatic heterocycles. The fraction of sp³-hybridized carbons (Fsp3) is 0.381. The Kier molecular flexibility index (Phi) is 7.01. The second kappa shape index (κ2) is 9.67. The van der Waals surface area contributed by atoms with Crippen molar-refractivity contribution in [1.82, 2.24) is 5.32 Å². The zero-order chi connectivity index (χ0) is 19.0. The number of hydrogen-bond donors (Lipinski definition) is 2. The highest BCUT2D eigenvalue weighted by Crippen LogP contribution is 2.40. The molecule has 0 saturated carbocycles. The Labute approximate surface area is 164 Å². The van der Waals surface area contributed by atoms with Crippen molar-refractivity contribution in [3.05, 3.63) is 54.6 Å². The summed E-state index contributed by atoms with van der Waals surface area (Å²) >= 11 is 1.83. The fourth-order valence-corrected chi connectivity index (χ4v) is 4.32. The Bertz CT molecular complexity index is 716. The number of ether oxygens (including phenoxy) is 2. The van der Waals surface area contributed by atoms with Crippen molar-refractivity contribution >= 4 is 23.5 Å². The van der Waals surface area contributed by atoms with Crippen LogP contribution in [0.4, 0.5) is 10.5 Å². The van der Waals surface area contributed by atoms with Crippen LogP contribution in [0, 0.1) is 0 Å². The first-order valence-electron chi connectivity index (χ1n) is 9.29. The number of hydrogen-bond acceptors (Lipinski definition) is 4. The van der Waals surface area contributed by atoms with E-state index in [-0.39, 0.29) is 10.8 Å². The van der Waals surface area contributed by atoms with Crippen molar-refractivity contribution < 1.29 is 14.3 Å². The summed E-state index contributed by atoms with van der Waals surface area (Å²) in [5, 5.41) is 5.93. The number of rotatable bonds is 7. The predicted octanol–water partition coefficient (Wildman–Crippen LogP) is 4.55. The van der Waals surface area contributed by atoms with Crippen LogP contribution in [0.15, 0.2) is 59.5 Å². The predicted molar refractivity (Wildman–Crippen MR) is 110 cm³/mol. The molecule has 2 aromatic carbocycles. The van der Waals surface area contributed by atoms with Gasteiger partial charge in [0.2, 0.25) is 0 Å². The van der Waals surface area contributed by atoms with Crippen molar-refractivity contribution in [1.29, 1.82) is 0 Å². The quantitative estimate of drug-likeness (QED) is 0.733. The molecule has 5 nitrogen and oxygen atoms in total. The van der Waals surface area contributed by atoms with E-state index in [1.807, 2.05) is 61.2 Å². The zero-order valence-electron chi connectivity index (χ0n) is 15.6. The van der Waals surface area contributed by atoms with Gasteiger partial charge in [0.05, 0.1) is 6.61 Å². The Balaban J connectivity index is 1.57. The van der Waals surface area contributed by atoms with Crippen LogP contribution in [0.2, 0.25) is 0 Å². The van der Waals surface area contributed by atoms with Gasteiger partial charge in [0, 0.05) is 35.1 Å². The van der Waals surface area contributed by atoms with Gasteiger partial charge in [-0.3, -0.25) is 0 Å². The van der Waals surface area contributed by atoms with E-state index in [1.165, 1.54) is 4.90 Å². The summed E-state index contributed by atoms with van der Waals surface area (Å²) < 4.78 is 10.9. The molecule has 2 N–H and O–H groups in total. The van der Waals surface area contributed by atoms with Gasteiger partial charge in [-0.2, -0.15) is 0 Å². The molecule has 27 heavy (non-hydrogen) atoms. The molecule has 1 heterocycles. The average molecular weight is 387 g/mol. The van der Waals surface area contributed by atoms with E-state index >= 15 is 0 Å². The van der Waals surface area contributed by atoms with Gasteiger partial charge in [-0.15, -0.1) is 11.8 Å². The minimum atomic E-state index is -0.196. The number of amides is 2. The second-order valence-corrected chi connectivity index (χ2v) is 8.02. The average Bonchev–Trinajstić information content (AvgIpc) is 2.70. The topological polar surface area (TPSA) is 59.6 Å². The summed E-state index contributed by atoms with van der Waals surface area (Å²) in [6, 6.07) is 17.5. The maximum absolute atomic E-state index is 12.4. The van der Waals surface area contributed by atoms with Crippen molar-refractivity contribution in [2.24, 2.45) is 0 Å². The van der Waals surface area contributed by atoms with Crippen LogP contribution in [0.25, 0.3) is 0 Å². The van der Waals surface area contributed by atoms with E-state index in [4.69, 9.17) is 9.47 Å². The number of benzene rings is 2. The molecule has 1 saturated heterocycles. The first kappa shape index (κ1) is 19.6. The lowest BCUT2D eigenvalue weighted by molar-refractivity contribution is 0.0777. The Morgan fingerprint density at radius 3 is 2.48 bits per heavy atom. The SMILES string of the molecule is CCOc1ccc(NC(=O)NCC2(Sc3ccccc3)CCOCC2)cc1. The molecule has 1 fully saturated rings. The van der Waals surface area contributed by atoms with E-state index in [1.54, 1.807) is 0 Å². The van der Waals surface area contributed by atoms with Gasteiger partial charge in [0.15, 0.2) is 0 Å². The maximum Gasteiger partial charge on any atom is 0.319 e. The molecular formula is C21H26N2O3S. The third-order valence-electron chi connectivity index (χ3n) is 4.48. The van der Waals surface area contributed by atoms with Crippen molar-refractivity contribution in [3.63, 3.8) is 0 Å². The van der Waals surface area contributed by atoms with Gasteiger partial charge in [0.25, 0.3) is 0 Å². The highest BCUT2D eigenvalue weighted by molar-refractivity contribution is 8.00. The number of anilines is 1. The monoisotopic (exact) mass is 386 g/mol. The molecule has 0 aromatic heterocycles. The molecule has 2 amide bonds. The van der Waals surface area contributed by atoms with Gasteiger partial charge < -0.3 is 20.1 Å². The van der Waals surface area contributed by atoms with Crippen LogP contribution in [0.1, 0.15) is 19.8 Å². The van der Waals surface area contributed by atoms with Crippen LogP contribution < -0.4 is 15.4 Å². The summed E-state index contributed by atoms with van der Waals surface area (Å²) in [5.41, 5.74) is 0.743. The van der Waals surface area contributed by atoms with Crippen molar-refractivity contribution in [3.8, 4) is 5.75 Å². The van der Waals surface area contributed by atoms with E-state index in [2.05, 4.69) is 22.8 Å². The van der Waals surface area contributed by atoms with Crippen LogP contribution in [-0.4, -0.2) is 37.1 Å². The number of carbonyl (C=O) groups excluding carboxylic acids is 1. The Morgan fingerprint density at radius 1 is 1.11 bits per heavy atom. The van der Waals surface area contributed by atoms with E-state index in [0.717, 1.165) is 37.5 Å². The highest BCUT2D eigenvalue weighted by atomic mass is 32.2. The lowest BCUT2D eigenvalue weighted by atomic mass is 9.99. The molecule has 0 unspecified atom stereocenters. The summed E-state index contributed by atoms with van der Waals surface area (Å²) in [5.74, 6) is 0.795. The minimum absolute atomic E-state index is 0.0459. The Hall–Kier alpha value is -2.18. The fourth-order valence-electron chi connectivity index (χ4n) is 3.01. The number of carbonyl (C=O) groups is 1. The largest absolute Gasteiger partial charge is 0.494 e. The molecule has 6 heteroatoms. The lowest BCUT2D eigenvalue weighted by Gasteiger charge is -2.36. The third kappa shape index (κ3) is 5.91. The summed E-state index contributed by atoms with van der Waals surface area (Å²) in [6.45, 7) is 4.61. The smallest absolute Gasteiger partial charge is 0.319 e. The van der Waals surface area contributed by atoms with Gasteiger partial charge >= 0.3 is 6.03 Å². The summed E-state index contributed by atoms with van der Waals surface area (Å²) in [6.07, 6.45) is 1.83. The molecule has 0 atom stereocenters. The van der Waals surface area contributed by atoms with E-state index in [0.29, 0.717) is 13.2 Å². The number of nitrogens with one attached hydrogen (secondary N) is 2. The first-order chi connectivity index (χ1) is 13.2. The van der Waals surface area contributed by atoms with E-state index < -0.39 is 0 Å². The first-order valence-corrected chi connectivity index (χ1v) is 10.1. The molecular weight excluding hydrogens is 360 g/mol. The standard InChI is InChI=1S/C21H26N2O3S/c1-2-26-18-10-8-17(9-11-18)23-20(24)22-16-21(12-14-25-15-13-21)27-19-6-4-3-5-7-19/h3-11H,2,12-16H2,1H3,(H2,22,23,24). The van der Waals surface area contributed by atoms with Crippen LogP contribution in [-0.2, 0) is 4.74 Å². The van der Waals surface area contributed by atoms with Crippen LogP contribution in [0.5, 0.6) is 5.75 Å². The lowest BCUT2D eigenvalue weighted by Crippen LogP contribution is -2.45. The number of thioether (sulfide) groups is 1. The molecule has 0 bridgehead atoms. The molecule has 0 aliphatic carbocycles. The molecule has 1 aliphatic rings. The third-order valence-corrected chi connectivity index (χ3v) is 5.97. The molecule has 3 rings (SSSR count). The highest BCUT2D eigenvalue weighted by Gasteiger charge is 2.34. The molecule has 144 valence electrons. The molecule has 2 aromatic rings. The van der Waals surface area contributed by atoms with Gasteiger partial charge in [-0.05, 0) is 56.2 Å². The van der Waals surface area contributed by atoms with Crippen LogP contribution in [0.3, 0.4) is 0 Å². The summed E-state index contributed by atoms with van der Waals surface area (Å²) in [7, 11) is 0. The minimum Gasteiger partial charge on any atom is -0.494 e. The van der Waals surface area contributed by atoms with Crippen molar-refractivity contribution in [2.75, 3.05) is 31.7 Å².